The van der Waals surface area contributed by atoms with Crippen LogP contribution < -0.4 is 5.73 Å². The molecule has 17 heavy (non-hydrogen) atoms. The summed E-state index contributed by atoms with van der Waals surface area (Å²) in [5.74, 6) is 1.11. The molecule has 2 heterocycles. The second-order valence-electron chi connectivity index (χ2n) is 4.67. The Hall–Kier alpha value is -0.720. The van der Waals surface area contributed by atoms with E-state index >= 15 is 0 Å². The van der Waals surface area contributed by atoms with Gasteiger partial charge in [-0.25, -0.2) is 0 Å². The predicted octanol–water partition coefficient (Wildman–Crippen LogP) is 0.769. The van der Waals surface area contributed by atoms with Gasteiger partial charge in [0.05, 0.1) is 17.9 Å². The summed E-state index contributed by atoms with van der Waals surface area (Å²) in [5.41, 5.74) is 6.51. The Labute approximate surface area is 110 Å². The maximum absolute atomic E-state index is 12.0. The molecule has 0 radical (unpaired) electrons. The Morgan fingerprint density at radius 3 is 2.94 bits per heavy atom. The molecule has 94 valence electrons. The van der Waals surface area contributed by atoms with Gasteiger partial charge in [0.15, 0.2) is 5.69 Å². The van der Waals surface area contributed by atoms with Crippen LogP contribution in [0.3, 0.4) is 0 Å². The smallest absolute Gasteiger partial charge is 0.275 e. The van der Waals surface area contributed by atoms with Crippen LogP contribution >= 0.6 is 24.1 Å². The molecule has 1 amide bonds. The molecule has 3 rings (SSSR count). The van der Waals surface area contributed by atoms with Crippen molar-refractivity contribution in [3.05, 3.63) is 11.9 Å². The normalized spacial score (nSPS) is 31.1. The maximum atomic E-state index is 12.0. The summed E-state index contributed by atoms with van der Waals surface area (Å²) in [6, 6.07) is 0.274. The molecule has 2 fully saturated rings. The molecule has 0 aromatic carbocycles. The van der Waals surface area contributed by atoms with Gasteiger partial charge < -0.3 is 10.6 Å². The molecule has 1 aromatic heterocycles. The summed E-state index contributed by atoms with van der Waals surface area (Å²) in [6.45, 7) is 1.64. The summed E-state index contributed by atoms with van der Waals surface area (Å²) < 4.78 is 7.84. The molecule has 1 aliphatic heterocycles. The number of halogens is 1. The van der Waals surface area contributed by atoms with Crippen molar-refractivity contribution >= 4 is 30.0 Å². The highest BCUT2D eigenvalue weighted by molar-refractivity contribution is 6.99. The second kappa shape index (κ2) is 4.88. The number of fused-ring (bicyclic) bond motifs is 1. The zero-order chi connectivity index (χ0) is 11.1. The number of rotatable bonds is 1. The van der Waals surface area contributed by atoms with Crippen molar-refractivity contribution in [1.29, 1.82) is 0 Å². The molecule has 5 nitrogen and oxygen atoms in total. The third-order valence-electron chi connectivity index (χ3n) is 3.78. The molecule has 7 heteroatoms. The highest BCUT2D eigenvalue weighted by Gasteiger charge is 2.42. The Bertz CT molecular complexity index is 399. The third kappa shape index (κ3) is 2.17. The third-order valence-corrected chi connectivity index (χ3v) is 4.26. The molecule has 3 unspecified atom stereocenters. The van der Waals surface area contributed by atoms with E-state index in [2.05, 4.69) is 8.75 Å². The summed E-state index contributed by atoms with van der Waals surface area (Å²) in [7, 11) is 0. The van der Waals surface area contributed by atoms with Crippen molar-refractivity contribution in [3.63, 3.8) is 0 Å². The van der Waals surface area contributed by atoms with E-state index in [0.717, 1.165) is 37.7 Å². The molecule has 3 atom stereocenters. The van der Waals surface area contributed by atoms with Crippen molar-refractivity contribution in [1.82, 2.24) is 13.6 Å². The van der Waals surface area contributed by atoms with Crippen LogP contribution in [0.4, 0.5) is 0 Å². The highest BCUT2D eigenvalue weighted by atomic mass is 35.5. The first-order valence-corrected chi connectivity index (χ1v) is 6.31. The summed E-state index contributed by atoms with van der Waals surface area (Å²) in [6.07, 6.45) is 3.81. The SMILES string of the molecule is Cl.NC1CCC2CN(C(=O)c3cnsn3)CC12. The number of nitrogens with two attached hydrogens (primary N) is 1. The quantitative estimate of drug-likeness (QED) is 0.821. The lowest BCUT2D eigenvalue weighted by molar-refractivity contribution is 0.0775. The number of amides is 1. The van der Waals surface area contributed by atoms with Crippen molar-refractivity contribution in [2.45, 2.75) is 18.9 Å². The zero-order valence-electron chi connectivity index (χ0n) is 9.28. The molecule has 2 N–H and O–H groups in total. The van der Waals surface area contributed by atoms with Crippen LogP contribution in [0.5, 0.6) is 0 Å². The largest absolute Gasteiger partial charge is 0.337 e. The first-order chi connectivity index (χ1) is 7.75. The fraction of sp³-hybridized carbons (Fsp3) is 0.700. The lowest BCUT2D eigenvalue weighted by Crippen LogP contribution is -2.33. The van der Waals surface area contributed by atoms with Gasteiger partial charge >= 0.3 is 0 Å². The molecule has 1 aliphatic carbocycles. The van der Waals surface area contributed by atoms with E-state index in [1.165, 1.54) is 0 Å². The summed E-state index contributed by atoms with van der Waals surface area (Å²) in [4.78, 5) is 13.9. The van der Waals surface area contributed by atoms with E-state index in [1.807, 2.05) is 4.90 Å². The molecule has 1 aromatic rings. The first kappa shape index (κ1) is 12.7. The van der Waals surface area contributed by atoms with Gasteiger partial charge in [-0.05, 0) is 24.7 Å². The van der Waals surface area contributed by atoms with Gasteiger partial charge in [0, 0.05) is 19.1 Å². The van der Waals surface area contributed by atoms with Gasteiger partial charge in [0.1, 0.15) is 0 Å². The van der Waals surface area contributed by atoms with Gasteiger partial charge in [-0.15, -0.1) is 12.4 Å². The summed E-state index contributed by atoms with van der Waals surface area (Å²) >= 11 is 1.08. The van der Waals surface area contributed by atoms with E-state index < -0.39 is 0 Å². The molecule has 1 saturated heterocycles. The standard InChI is InChI=1S/C10H14N4OS.ClH/c11-8-2-1-6-4-14(5-7(6)8)10(15)9-3-12-16-13-9;/h3,6-8H,1-2,4-5,11H2;1H. The number of aromatic nitrogens is 2. The average Bonchev–Trinajstić information content (AvgIpc) is 2.96. The minimum Gasteiger partial charge on any atom is -0.337 e. The van der Waals surface area contributed by atoms with Crippen LogP contribution in [0.1, 0.15) is 23.3 Å². The Kier molecular flexibility index (Phi) is 3.65. The molecular formula is C10H15ClN4OS. The van der Waals surface area contributed by atoms with E-state index in [1.54, 1.807) is 6.20 Å². The number of hydrogen-bond donors (Lipinski definition) is 1. The number of nitrogens with zero attached hydrogens (tertiary/aromatic N) is 3. The fourth-order valence-corrected chi connectivity index (χ4v) is 3.30. The minimum atomic E-state index is 0. The Balaban J connectivity index is 0.00000108. The van der Waals surface area contributed by atoms with Crippen LogP contribution in [0.25, 0.3) is 0 Å². The molecule has 0 spiro atoms. The monoisotopic (exact) mass is 274 g/mol. The summed E-state index contributed by atoms with van der Waals surface area (Å²) in [5, 5.41) is 0. The first-order valence-electron chi connectivity index (χ1n) is 5.58. The van der Waals surface area contributed by atoms with E-state index in [0.29, 0.717) is 17.5 Å². The lowest BCUT2D eigenvalue weighted by atomic mass is 9.98. The van der Waals surface area contributed by atoms with Crippen molar-refractivity contribution in [2.75, 3.05) is 13.1 Å². The van der Waals surface area contributed by atoms with Gasteiger partial charge in [0.2, 0.25) is 0 Å². The minimum absolute atomic E-state index is 0. The topological polar surface area (TPSA) is 72.1 Å². The van der Waals surface area contributed by atoms with Crippen molar-refractivity contribution in [3.8, 4) is 0 Å². The molecule has 2 aliphatic rings. The Morgan fingerprint density at radius 1 is 1.47 bits per heavy atom. The lowest BCUT2D eigenvalue weighted by Gasteiger charge is -2.17. The van der Waals surface area contributed by atoms with Crippen LogP contribution in [-0.2, 0) is 0 Å². The highest BCUT2D eigenvalue weighted by Crippen LogP contribution is 2.37. The van der Waals surface area contributed by atoms with Crippen molar-refractivity contribution in [2.24, 2.45) is 17.6 Å². The second-order valence-corrected chi connectivity index (χ2v) is 5.22. The van der Waals surface area contributed by atoms with Gasteiger partial charge in [0.25, 0.3) is 5.91 Å². The van der Waals surface area contributed by atoms with E-state index in [4.69, 9.17) is 5.73 Å². The van der Waals surface area contributed by atoms with Crippen LogP contribution in [0, 0.1) is 11.8 Å². The number of carbonyl (C=O) groups is 1. The van der Waals surface area contributed by atoms with Crippen LogP contribution in [0.2, 0.25) is 0 Å². The number of hydrogen-bond acceptors (Lipinski definition) is 5. The van der Waals surface area contributed by atoms with Crippen molar-refractivity contribution < 1.29 is 4.79 Å². The van der Waals surface area contributed by atoms with E-state index in [-0.39, 0.29) is 24.4 Å². The maximum Gasteiger partial charge on any atom is 0.275 e. The van der Waals surface area contributed by atoms with Crippen LogP contribution in [-0.4, -0.2) is 38.7 Å². The molecular weight excluding hydrogens is 260 g/mol. The van der Waals surface area contributed by atoms with Gasteiger partial charge in [-0.1, -0.05) is 0 Å². The van der Waals surface area contributed by atoms with Crippen LogP contribution in [0.15, 0.2) is 6.20 Å². The number of carbonyl (C=O) groups excluding carboxylic acids is 1. The molecule has 1 saturated carbocycles. The zero-order valence-corrected chi connectivity index (χ0v) is 10.9. The molecule has 0 bridgehead atoms. The number of likely N-dealkylation sites (tertiary alicyclic amines) is 1. The predicted molar refractivity (Wildman–Crippen MR) is 67.2 cm³/mol. The fourth-order valence-electron chi connectivity index (χ4n) is 2.89. The Morgan fingerprint density at radius 2 is 2.29 bits per heavy atom. The van der Waals surface area contributed by atoms with Gasteiger partial charge in [-0.2, -0.15) is 8.75 Å². The van der Waals surface area contributed by atoms with Gasteiger partial charge in [-0.3, -0.25) is 4.79 Å². The van der Waals surface area contributed by atoms with E-state index in [9.17, 15) is 4.79 Å². The average molecular weight is 275 g/mol.